The molecule has 0 amide bonds. The summed E-state index contributed by atoms with van der Waals surface area (Å²) in [4.78, 5) is 6.40. The number of thioether (sulfide) groups is 1. The van der Waals surface area contributed by atoms with Gasteiger partial charge in [-0.2, -0.15) is 17.0 Å². The quantitative estimate of drug-likeness (QED) is 0.839. The first kappa shape index (κ1) is 11.1. The molecule has 4 nitrogen and oxygen atoms in total. The lowest BCUT2D eigenvalue weighted by atomic mass is 10.2. The van der Waals surface area contributed by atoms with Gasteiger partial charge in [0.05, 0.1) is 5.69 Å². The molecule has 1 aromatic heterocycles. The van der Waals surface area contributed by atoms with E-state index in [0.29, 0.717) is 17.4 Å². The summed E-state index contributed by atoms with van der Waals surface area (Å²) >= 11 is 1.96. The van der Waals surface area contributed by atoms with Gasteiger partial charge in [0.15, 0.2) is 5.69 Å². The number of nitrogens with zero attached hydrogens (tertiary/aromatic N) is 3. The molecule has 84 valence electrons. The standard InChI is InChI=1S/C11H14N4S/c1-15(8-4-5-16-7-8)11-3-2-9(13)10(6-12)14-11/h2-3,8H,4-5,7,13H2,1H3. The van der Waals surface area contributed by atoms with Crippen LogP contribution >= 0.6 is 11.8 Å². The van der Waals surface area contributed by atoms with Crippen LogP contribution in [0.25, 0.3) is 0 Å². The van der Waals surface area contributed by atoms with Gasteiger partial charge in [-0.05, 0) is 24.3 Å². The zero-order valence-corrected chi connectivity index (χ0v) is 10.00. The van der Waals surface area contributed by atoms with Gasteiger partial charge in [-0.15, -0.1) is 0 Å². The van der Waals surface area contributed by atoms with Crippen molar-refractivity contribution < 1.29 is 0 Å². The highest BCUT2D eigenvalue weighted by atomic mass is 32.2. The Bertz CT molecular complexity index is 420. The number of hydrogen-bond acceptors (Lipinski definition) is 5. The fraction of sp³-hybridized carbons (Fsp3) is 0.455. The summed E-state index contributed by atoms with van der Waals surface area (Å²) in [7, 11) is 2.02. The van der Waals surface area contributed by atoms with Crippen molar-refractivity contribution >= 4 is 23.3 Å². The van der Waals surface area contributed by atoms with Crippen molar-refractivity contribution in [3.05, 3.63) is 17.8 Å². The van der Waals surface area contributed by atoms with E-state index in [2.05, 4.69) is 9.88 Å². The van der Waals surface area contributed by atoms with Gasteiger partial charge < -0.3 is 10.6 Å². The molecule has 0 radical (unpaired) electrons. The summed E-state index contributed by atoms with van der Waals surface area (Å²) in [6.07, 6.45) is 1.18. The Labute approximate surface area is 99.5 Å². The second-order valence-electron chi connectivity index (χ2n) is 3.85. The van der Waals surface area contributed by atoms with Crippen LogP contribution in [0.2, 0.25) is 0 Å². The van der Waals surface area contributed by atoms with Crippen molar-refractivity contribution in [1.82, 2.24) is 4.98 Å². The van der Waals surface area contributed by atoms with E-state index in [0.717, 1.165) is 11.6 Å². The fourth-order valence-corrected chi connectivity index (χ4v) is 3.03. The van der Waals surface area contributed by atoms with Crippen LogP contribution < -0.4 is 10.6 Å². The minimum absolute atomic E-state index is 0.315. The third kappa shape index (κ3) is 2.07. The molecule has 16 heavy (non-hydrogen) atoms. The number of hydrogen-bond donors (Lipinski definition) is 1. The lowest BCUT2D eigenvalue weighted by Crippen LogP contribution is -2.32. The maximum atomic E-state index is 8.87. The SMILES string of the molecule is CN(c1ccc(N)c(C#N)n1)C1CCSC1. The highest BCUT2D eigenvalue weighted by Gasteiger charge is 2.21. The molecule has 2 N–H and O–H groups in total. The molecule has 1 aromatic rings. The molecule has 0 aliphatic carbocycles. The molecule has 1 saturated heterocycles. The number of pyridine rings is 1. The van der Waals surface area contributed by atoms with E-state index in [1.165, 1.54) is 12.2 Å². The Balaban J connectivity index is 2.23. The topological polar surface area (TPSA) is 65.9 Å². The number of anilines is 2. The van der Waals surface area contributed by atoms with E-state index in [9.17, 15) is 0 Å². The molecular weight excluding hydrogens is 220 g/mol. The Morgan fingerprint density at radius 3 is 3.06 bits per heavy atom. The Kier molecular flexibility index (Phi) is 3.20. The molecule has 0 bridgehead atoms. The van der Waals surface area contributed by atoms with Crippen molar-refractivity contribution in [2.24, 2.45) is 0 Å². The first-order chi connectivity index (χ1) is 7.72. The minimum atomic E-state index is 0.315. The molecular formula is C11H14N4S. The van der Waals surface area contributed by atoms with Crippen molar-refractivity contribution in [2.45, 2.75) is 12.5 Å². The zero-order valence-electron chi connectivity index (χ0n) is 9.18. The lowest BCUT2D eigenvalue weighted by molar-refractivity contribution is 0.691. The number of rotatable bonds is 2. The van der Waals surface area contributed by atoms with Crippen LogP contribution in [0.15, 0.2) is 12.1 Å². The van der Waals surface area contributed by atoms with Gasteiger partial charge in [-0.1, -0.05) is 0 Å². The number of nitriles is 1. The van der Waals surface area contributed by atoms with Crippen LogP contribution in [0.5, 0.6) is 0 Å². The van der Waals surface area contributed by atoms with E-state index >= 15 is 0 Å². The molecule has 0 spiro atoms. The highest BCUT2D eigenvalue weighted by molar-refractivity contribution is 7.99. The van der Waals surface area contributed by atoms with Crippen LogP contribution in [-0.2, 0) is 0 Å². The second-order valence-corrected chi connectivity index (χ2v) is 5.00. The average Bonchev–Trinajstić information content (AvgIpc) is 2.82. The molecule has 1 fully saturated rings. The smallest absolute Gasteiger partial charge is 0.165 e. The van der Waals surface area contributed by atoms with E-state index in [-0.39, 0.29) is 0 Å². The third-order valence-corrected chi connectivity index (χ3v) is 3.98. The van der Waals surface area contributed by atoms with Crippen LogP contribution in [0.3, 0.4) is 0 Å². The van der Waals surface area contributed by atoms with Gasteiger partial charge in [-0.3, -0.25) is 0 Å². The van der Waals surface area contributed by atoms with Crippen molar-refractivity contribution in [2.75, 3.05) is 29.2 Å². The number of nitrogen functional groups attached to an aromatic ring is 1. The molecule has 0 aromatic carbocycles. The predicted octanol–water partition coefficient (Wildman–Crippen LogP) is 1.48. The molecule has 1 aliphatic heterocycles. The maximum absolute atomic E-state index is 8.87. The highest BCUT2D eigenvalue weighted by Crippen LogP contribution is 2.25. The zero-order chi connectivity index (χ0) is 11.5. The van der Waals surface area contributed by atoms with Crippen LogP contribution in [-0.4, -0.2) is 29.6 Å². The largest absolute Gasteiger partial charge is 0.396 e. The lowest BCUT2D eigenvalue weighted by Gasteiger charge is -2.24. The fourth-order valence-electron chi connectivity index (χ4n) is 1.76. The summed E-state index contributed by atoms with van der Waals surface area (Å²) in [5.41, 5.74) is 6.41. The van der Waals surface area contributed by atoms with Crippen LogP contribution in [0.1, 0.15) is 12.1 Å². The summed E-state index contributed by atoms with van der Waals surface area (Å²) in [5, 5.41) is 8.87. The Morgan fingerprint density at radius 2 is 2.44 bits per heavy atom. The Hall–Kier alpha value is -1.41. The second kappa shape index (κ2) is 4.62. The van der Waals surface area contributed by atoms with E-state index in [4.69, 9.17) is 11.0 Å². The van der Waals surface area contributed by atoms with Gasteiger partial charge in [0.2, 0.25) is 0 Å². The van der Waals surface area contributed by atoms with Crippen LogP contribution in [0.4, 0.5) is 11.5 Å². The molecule has 1 unspecified atom stereocenters. The summed E-state index contributed by atoms with van der Waals surface area (Å²) < 4.78 is 0. The van der Waals surface area contributed by atoms with Gasteiger partial charge >= 0.3 is 0 Å². The number of nitrogens with two attached hydrogens (primary N) is 1. The summed E-state index contributed by atoms with van der Waals surface area (Å²) in [6.45, 7) is 0. The van der Waals surface area contributed by atoms with Crippen LogP contribution in [0, 0.1) is 11.3 Å². The van der Waals surface area contributed by atoms with E-state index in [1.807, 2.05) is 30.9 Å². The average molecular weight is 234 g/mol. The Morgan fingerprint density at radius 1 is 1.62 bits per heavy atom. The van der Waals surface area contributed by atoms with Gasteiger partial charge in [-0.25, -0.2) is 4.98 Å². The predicted molar refractivity (Wildman–Crippen MR) is 67.5 cm³/mol. The number of aromatic nitrogens is 1. The molecule has 2 rings (SSSR count). The van der Waals surface area contributed by atoms with Gasteiger partial charge in [0.1, 0.15) is 11.9 Å². The molecule has 2 heterocycles. The summed E-state index contributed by atoms with van der Waals surface area (Å²) in [6, 6.07) is 6.16. The van der Waals surface area contributed by atoms with Crippen molar-refractivity contribution in [3.8, 4) is 6.07 Å². The van der Waals surface area contributed by atoms with Crippen molar-refractivity contribution in [3.63, 3.8) is 0 Å². The third-order valence-electron chi connectivity index (χ3n) is 2.83. The maximum Gasteiger partial charge on any atom is 0.165 e. The normalized spacial score (nSPS) is 19.4. The minimum Gasteiger partial charge on any atom is -0.396 e. The molecule has 0 saturated carbocycles. The van der Waals surface area contributed by atoms with E-state index in [1.54, 1.807) is 6.07 Å². The molecule has 1 atom stereocenters. The van der Waals surface area contributed by atoms with Gasteiger partial charge in [0, 0.05) is 18.8 Å². The molecule has 1 aliphatic rings. The van der Waals surface area contributed by atoms with Gasteiger partial charge in [0.25, 0.3) is 0 Å². The summed E-state index contributed by atoms with van der Waals surface area (Å²) in [5.74, 6) is 3.16. The monoisotopic (exact) mass is 234 g/mol. The first-order valence-electron chi connectivity index (χ1n) is 5.19. The van der Waals surface area contributed by atoms with E-state index < -0.39 is 0 Å². The van der Waals surface area contributed by atoms with Crippen molar-refractivity contribution in [1.29, 1.82) is 5.26 Å². The first-order valence-corrected chi connectivity index (χ1v) is 6.35. The molecule has 5 heteroatoms.